The monoisotopic (exact) mass is 182 g/mol. The highest BCUT2D eigenvalue weighted by molar-refractivity contribution is 4.96. The Hall–Kier alpha value is -0.590. The first-order chi connectivity index (χ1) is 6.29. The van der Waals surface area contributed by atoms with Crippen molar-refractivity contribution in [3.8, 4) is 6.07 Å². The second-order valence-electron chi connectivity index (χ2n) is 3.71. The number of ether oxygens (including phenoxy) is 1. The Bertz CT molecular complexity index is 188. The quantitative estimate of drug-likeness (QED) is 0.656. The van der Waals surface area contributed by atoms with Gasteiger partial charge in [0.1, 0.15) is 0 Å². The Kier molecular flexibility index (Phi) is 4.20. The third-order valence-corrected chi connectivity index (χ3v) is 2.86. The maximum atomic E-state index is 8.90. The average Bonchev–Trinajstić information content (AvgIpc) is 2.61. The Labute approximate surface area is 80.3 Å². The summed E-state index contributed by atoms with van der Waals surface area (Å²) < 4.78 is 5.02. The summed E-state index contributed by atoms with van der Waals surface area (Å²) in [7, 11) is 3.80. The van der Waals surface area contributed by atoms with E-state index in [0.717, 1.165) is 19.6 Å². The predicted octanol–water partition coefficient (Wildman–Crippen LogP) is 1.26. The van der Waals surface area contributed by atoms with E-state index in [4.69, 9.17) is 10.00 Å². The average molecular weight is 182 g/mol. The van der Waals surface area contributed by atoms with E-state index in [-0.39, 0.29) is 5.92 Å². The third kappa shape index (κ3) is 2.68. The van der Waals surface area contributed by atoms with Crippen molar-refractivity contribution < 1.29 is 4.74 Å². The summed E-state index contributed by atoms with van der Waals surface area (Å²) in [4.78, 5) is 2.25. The van der Waals surface area contributed by atoms with E-state index in [9.17, 15) is 0 Å². The molecule has 0 spiro atoms. The van der Waals surface area contributed by atoms with Crippen LogP contribution in [0.3, 0.4) is 0 Å². The zero-order valence-electron chi connectivity index (χ0n) is 8.49. The van der Waals surface area contributed by atoms with Gasteiger partial charge in [-0.15, -0.1) is 0 Å². The van der Waals surface area contributed by atoms with Gasteiger partial charge in [-0.05, 0) is 19.9 Å². The van der Waals surface area contributed by atoms with Gasteiger partial charge < -0.3 is 4.74 Å². The van der Waals surface area contributed by atoms with Crippen LogP contribution in [-0.4, -0.2) is 38.3 Å². The van der Waals surface area contributed by atoms with Crippen molar-refractivity contribution >= 4 is 0 Å². The van der Waals surface area contributed by atoms with Crippen molar-refractivity contribution in [1.29, 1.82) is 5.26 Å². The third-order valence-electron chi connectivity index (χ3n) is 2.86. The highest BCUT2D eigenvalue weighted by Crippen LogP contribution is 2.28. The highest BCUT2D eigenvalue weighted by Gasteiger charge is 2.29. The van der Waals surface area contributed by atoms with Crippen LogP contribution < -0.4 is 0 Å². The Balaban J connectivity index is 2.37. The van der Waals surface area contributed by atoms with Gasteiger partial charge in [-0.1, -0.05) is 6.42 Å². The summed E-state index contributed by atoms with van der Waals surface area (Å²) in [6.45, 7) is 1.69. The molecule has 1 aliphatic carbocycles. The van der Waals surface area contributed by atoms with Gasteiger partial charge in [-0.2, -0.15) is 5.26 Å². The fraction of sp³-hybridized carbons (Fsp3) is 0.900. The number of hydrogen-bond donors (Lipinski definition) is 0. The van der Waals surface area contributed by atoms with Gasteiger partial charge in [0.15, 0.2) is 0 Å². The molecule has 3 nitrogen and oxygen atoms in total. The maximum absolute atomic E-state index is 8.90. The Morgan fingerprint density at radius 2 is 2.31 bits per heavy atom. The van der Waals surface area contributed by atoms with Crippen LogP contribution in [0, 0.1) is 17.2 Å². The molecule has 1 fully saturated rings. The second kappa shape index (κ2) is 5.21. The lowest BCUT2D eigenvalue weighted by molar-refractivity contribution is 0.132. The number of nitrogens with zero attached hydrogens (tertiary/aromatic N) is 2. The van der Waals surface area contributed by atoms with Crippen molar-refractivity contribution in [3.05, 3.63) is 0 Å². The highest BCUT2D eigenvalue weighted by atomic mass is 16.5. The van der Waals surface area contributed by atoms with Crippen LogP contribution in [-0.2, 0) is 4.74 Å². The molecular formula is C10H18N2O. The largest absolute Gasteiger partial charge is 0.383 e. The summed E-state index contributed by atoms with van der Waals surface area (Å²) in [5, 5.41) is 8.90. The van der Waals surface area contributed by atoms with Crippen LogP contribution in [0.15, 0.2) is 0 Å². The number of methoxy groups -OCH3 is 1. The smallest absolute Gasteiger partial charge is 0.0672 e. The summed E-state index contributed by atoms with van der Waals surface area (Å²) in [6, 6.07) is 2.85. The Morgan fingerprint density at radius 3 is 2.92 bits per heavy atom. The van der Waals surface area contributed by atoms with Gasteiger partial charge in [0, 0.05) is 19.7 Å². The van der Waals surface area contributed by atoms with Crippen LogP contribution in [0.1, 0.15) is 19.3 Å². The normalized spacial score (nSPS) is 27.8. The minimum Gasteiger partial charge on any atom is -0.383 e. The summed E-state index contributed by atoms with van der Waals surface area (Å²) in [5.74, 6) is 0.238. The minimum absolute atomic E-state index is 0.238. The zero-order chi connectivity index (χ0) is 9.68. The molecule has 0 aromatic rings. The molecule has 0 bridgehead atoms. The van der Waals surface area contributed by atoms with Crippen LogP contribution in [0.25, 0.3) is 0 Å². The Morgan fingerprint density at radius 1 is 1.54 bits per heavy atom. The summed E-state index contributed by atoms with van der Waals surface area (Å²) >= 11 is 0. The van der Waals surface area contributed by atoms with Crippen molar-refractivity contribution in [2.45, 2.75) is 25.3 Å². The molecule has 0 aliphatic heterocycles. The molecule has 0 saturated heterocycles. The van der Waals surface area contributed by atoms with Crippen LogP contribution in [0.5, 0.6) is 0 Å². The van der Waals surface area contributed by atoms with Crippen LogP contribution >= 0.6 is 0 Å². The van der Waals surface area contributed by atoms with Gasteiger partial charge >= 0.3 is 0 Å². The fourth-order valence-electron chi connectivity index (χ4n) is 2.02. The minimum atomic E-state index is 0.238. The van der Waals surface area contributed by atoms with Crippen molar-refractivity contribution in [3.63, 3.8) is 0 Å². The summed E-state index contributed by atoms with van der Waals surface area (Å²) in [6.07, 6.45) is 3.43. The molecule has 0 aromatic heterocycles. The molecule has 0 heterocycles. The number of hydrogen-bond acceptors (Lipinski definition) is 3. The van der Waals surface area contributed by atoms with Crippen LogP contribution in [0.4, 0.5) is 0 Å². The zero-order valence-corrected chi connectivity index (χ0v) is 8.49. The number of likely N-dealkylation sites (N-methyl/N-ethyl adjacent to an activating group) is 1. The standard InChI is InChI=1S/C10H18N2O/c1-12(6-7-13-2)10-5-3-4-9(10)8-11/h9-10H,3-7H2,1-2H3. The number of nitriles is 1. The summed E-state index contributed by atoms with van der Waals surface area (Å²) in [5.41, 5.74) is 0. The molecule has 0 aromatic carbocycles. The molecule has 0 N–H and O–H groups in total. The van der Waals surface area contributed by atoms with Crippen LogP contribution in [0.2, 0.25) is 0 Å². The topological polar surface area (TPSA) is 36.3 Å². The second-order valence-corrected chi connectivity index (χ2v) is 3.71. The first-order valence-corrected chi connectivity index (χ1v) is 4.88. The van der Waals surface area contributed by atoms with E-state index in [1.54, 1.807) is 7.11 Å². The fourth-order valence-corrected chi connectivity index (χ4v) is 2.02. The number of rotatable bonds is 4. The molecule has 74 valence electrons. The van der Waals surface area contributed by atoms with E-state index in [0.29, 0.717) is 6.04 Å². The molecule has 2 atom stereocenters. The SMILES string of the molecule is COCCN(C)C1CCCC1C#N. The van der Waals surface area contributed by atoms with Gasteiger partial charge in [0.05, 0.1) is 18.6 Å². The van der Waals surface area contributed by atoms with Gasteiger partial charge in [-0.25, -0.2) is 0 Å². The lowest BCUT2D eigenvalue weighted by Crippen LogP contribution is -2.36. The molecule has 0 radical (unpaired) electrons. The molecule has 2 unspecified atom stereocenters. The van der Waals surface area contributed by atoms with E-state index in [1.165, 1.54) is 12.8 Å². The van der Waals surface area contributed by atoms with E-state index < -0.39 is 0 Å². The molecule has 13 heavy (non-hydrogen) atoms. The molecule has 1 saturated carbocycles. The van der Waals surface area contributed by atoms with Crippen molar-refractivity contribution in [2.24, 2.45) is 5.92 Å². The molecule has 0 amide bonds. The molecule has 1 rings (SSSR count). The predicted molar refractivity (Wildman–Crippen MR) is 51.2 cm³/mol. The lowest BCUT2D eigenvalue weighted by atomic mass is 10.0. The van der Waals surface area contributed by atoms with E-state index in [2.05, 4.69) is 18.0 Å². The maximum Gasteiger partial charge on any atom is 0.0672 e. The van der Waals surface area contributed by atoms with Gasteiger partial charge in [-0.3, -0.25) is 4.90 Å². The first-order valence-electron chi connectivity index (χ1n) is 4.88. The van der Waals surface area contributed by atoms with E-state index in [1.807, 2.05) is 0 Å². The molecule has 3 heteroatoms. The van der Waals surface area contributed by atoms with Crippen molar-refractivity contribution in [1.82, 2.24) is 4.90 Å². The molecular weight excluding hydrogens is 164 g/mol. The van der Waals surface area contributed by atoms with Gasteiger partial charge in [0.25, 0.3) is 0 Å². The first kappa shape index (κ1) is 10.5. The molecule has 1 aliphatic rings. The van der Waals surface area contributed by atoms with Gasteiger partial charge in [0.2, 0.25) is 0 Å². The lowest BCUT2D eigenvalue weighted by Gasteiger charge is -2.25. The van der Waals surface area contributed by atoms with E-state index >= 15 is 0 Å². The van der Waals surface area contributed by atoms with Crippen molar-refractivity contribution in [2.75, 3.05) is 27.3 Å².